The highest BCUT2D eigenvalue weighted by Gasteiger charge is 2.14. The summed E-state index contributed by atoms with van der Waals surface area (Å²) in [6.07, 6.45) is 0. The van der Waals surface area contributed by atoms with Crippen LogP contribution in [0.5, 0.6) is 0 Å². The van der Waals surface area contributed by atoms with E-state index >= 15 is 0 Å². The third-order valence-corrected chi connectivity index (χ3v) is 2.70. The molecule has 1 amide bonds. The van der Waals surface area contributed by atoms with Gasteiger partial charge in [-0.1, -0.05) is 0 Å². The van der Waals surface area contributed by atoms with E-state index in [2.05, 4.69) is 5.32 Å². The summed E-state index contributed by atoms with van der Waals surface area (Å²) in [6, 6.07) is 1.99. The lowest BCUT2D eigenvalue weighted by Crippen LogP contribution is -2.32. The van der Waals surface area contributed by atoms with Crippen molar-refractivity contribution in [1.29, 1.82) is 0 Å². The van der Waals surface area contributed by atoms with E-state index < -0.39 is 11.8 Å². The number of carboxylic acid groups (broad SMARTS) is 1. The van der Waals surface area contributed by atoms with E-state index in [1.54, 1.807) is 7.05 Å². The maximum absolute atomic E-state index is 13.6. The summed E-state index contributed by atoms with van der Waals surface area (Å²) >= 11 is 0. The van der Waals surface area contributed by atoms with Crippen LogP contribution in [0.1, 0.15) is 17.3 Å². The Morgan fingerprint density at radius 1 is 1.47 bits per heavy atom. The van der Waals surface area contributed by atoms with Gasteiger partial charge in [0.25, 0.3) is 0 Å². The van der Waals surface area contributed by atoms with Crippen molar-refractivity contribution < 1.29 is 19.1 Å². The van der Waals surface area contributed by atoms with Gasteiger partial charge >= 0.3 is 5.97 Å². The van der Waals surface area contributed by atoms with Gasteiger partial charge in [0, 0.05) is 19.3 Å². The standard InChI is InChI=1S/C12H16FN3O3/c1-3-16(2)11(17)6-15-10-4-7(12(18)19)9(14)5-8(10)13/h4-5,15H,3,6,14H2,1-2H3,(H,18,19). The van der Waals surface area contributed by atoms with E-state index in [9.17, 15) is 14.0 Å². The van der Waals surface area contributed by atoms with Gasteiger partial charge in [-0.2, -0.15) is 0 Å². The van der Waals surface area contributed by atoms with E-state index in [1.165, 1.54) is 4.90 Å². The Morgan fingerprint density at radius 3 is 2.63 bits per heavy atom. The zero-order valence-corrected chi connectivity index (χ0v) is 10.7. The number of carbonyl (C=O) groups excluding carboxylic acids is 1. The number of anilines is 2. The van der Waals surface area contributed by atoms with Gasteiger partial charge in [-0.3, -0.25) is 4.79 Å². The number of carboxylic acids is 1. The zero-order valence-electron chi connectivity index (χ0n) is 10.7. The fourth-order valence-corrected chi connectivity index (χ4v) is 1.39. The van der Waals surface area contributed by atoms with Crippen molar-refractivity contribution in [3.05, 3.63) is 23.5 Å². The van der Waals surface area contributed by atoms with Crippen molar-refractivity contribution >= 4 is 23.3 Å². The number of hydrogen-bond acceptors (Lipinski definition) is 4. The van der Waals surface area contributed by atoms with Gasteiger partial charge < -0.3 is 21.1 Å². The number of halogens is 1. The Morgan fingerprint density at radius 2 is 2.11 bits per heavy atom. The maximum atomic E-state index is 13.6. The third-order valence-electron chi connectivity index (χ3n) is 2.70. The molecule has 104 valence electrons. The monoisotopic (exact) mass is 269 g/mol. The number of amides is 1. The molecule has 0 spiro atoms. The van der Waals surface area contributed by atoms with E-state index in [0.717, 1.165) is 12.1 Å². The lowest BCUT2D eigenvalue weighted by molar-refractivity contribution is -0.127. The number of nitrogens with one attached hydrogen (secondary N) is 1. The zero-order chi connectivity index (χ0) is 14.6. The molecule has 0 heterocycles. The number of nitrogen functional groups attached to an aromatic ring is 1. The topological polar surface area (TPSA) is 95.7 Å². The molecule has 4 N–H and O–H groups in total. The highest BCUT2D eigenvalue weighted by molar-refractivity contribution is 5.95. The van der Waals surface area contributed by atoms with Crippen LogP contribution in [0.25, 0.3) is 0 Å². The summed E-state index contributed by atoms with van der Waals surface area (Å²) in [5.41, 5.74) is 4.96. The normalized spacial score (nSPS) is 10.1. The Labute approximate surface area is 110 Å². The number of nitrogens with zero attached hydrogens (tertiary/aromatic N) is 1. The second-order valence-corrected chi connectivity index (χ2v) is 3.99. The van der Waals surface area contributed by atoms with Crippen molar-refractivity contribution in [2.75, 3.05) is 31.2 Å². The molecule has 0 fully saturated rings. The molecule has 6 nitrogen and oxygen atoms in total. The van der Waals surface area contributed by atoms with Crippen molar-refractivity contribution in [3.8, 4) is 0 Å². The summed E-state index contributed by atoms with van der Waals surface area (Å²) in [5.74, 6) is -2.18. The number of aromatic carboxylic acids is 1. The van der Waals surface area contributed by atoms with Crippen LogP contribution in [0.4, 0.5) is 15.8 Å². The minimum absolute atomic E-state index is 0.0653. The minimum Gasteiger partial charge on any atom is -0.478 e. The second kappa shape index (κ2) is 6.03. The van der Waals surface area contributed by atoms with Crippen LogP contribution in [-0.4, -0.2) is 42.0 Å². The summed E-state index contributed by atoms with van der Waals surface area (Å²) < 4.78 is 13.6. The molecule has 0 aliphatic rings. The molecule has 0 bridgehead atoms. The smallest absolute Gasteiger partial charge is 0.337 e. The molecule has 7 heteroatoms. The van der Waals surface area contributed by atoms with Crippen LogP contribution >= 0.6 is 0 Å². The molecule has 19 heavy (non-hydrogen) atoms. The molecule has 0 aliphatic heterocycles. The maximum Gasteiger partial charge on any atom is 0.337 e. The Hall–Kier alpha value is -2.31. The summed E-state index contributed by atoms with van der Waals surface area (Å²) in [6.45, 7) is 2.22. The lowest BCUT2D eigenvalue weighted by atomic mass is 10.1. The molecule has 1 rings (SSSR count). The summed E-state index contributed by atoms with van der Waals surface area (Å²) in [5, 5.41) is 11.4. The van der Waals surface area contributed by atoms with Gasteiger partial charge in [0.15, 0.2) is 0 Å². The second-order valence-electron chi connectivity index (χ2n) is 3.99. The van der Waals surface area contributed by atoms with Crippen LogP contribution in [0, 0.1) is 5.82 Å². The van der Waals surface area contributed by atoms with Crippen molar-refractivity contribution in [2.24, 2.45) is 0 Å². The SMILES string of the molecule is CCN(C)C(=O)CNc1cc(C(=O)O)c(N)cc1F. The lowest BCUT2D eigenvalue weighted by Gasteiger charge is -2.16. The molecular weight excluding hydrogens is 253 g/mol. The Bertz CT molecular complexity index is 505. The minimum atomic E-state index is -1.25. The van der Waals surface area contributed by atoms with Gasteiger partial charge in [0.2, 0.25) is 5.91 Å². The fourth-order valence-electron chi connectivity index (χ4n) is 1.39. The average molecular weight is 269 g/mol. The van der Waals surface area contributed by atoms with E-state index in [0.29, 0.717) is 6.54 Å². The Balaban J connectivity index is 2.87. The van der Waals surface area contributed by atoms with Crippen LogP contribution in [0.15, 0.2) is 12.1 Å². The Kier molecular flexibility index (Phi) is 4.68. The van der Waals surface area contributed by atoms with Crippen molar-refractivity contribution in [3.63, 3.8) is 0 Å². The quantitative estimate of drug-likeness (QED) is 0.693. The average Bonchev–Trinajstić information content (AvgIpc) is 2.35. The third kappa shape index (κ3) is 3.57. The number of carbonyl (C=O) groups is 2. The first-order valence-electron chi connectivity index (χ1n) is 5.67. The van der Waals surface area contributed by atoms with Gasteiger partial charge in [-0.15, -0.1) is 0 Å². The molecule has 1 aromatic rings. The molecule has 0 aromatic heterocycles. The van der Waals surface area contributed by atoms with Gasteiger partial charge in [-0.25, -0.2) is 9.18 Å². The molecule has 0 atom stereocenters. The number of rotatable bonds is 5. The van der Waals surface area contributed by atoms with Crippen LogP contribution in [-0.2, 0) is 4.79 Å². The summed E-state index contributed by atoms with van der Waals surface area (Å²) in [7, 11) is 1.62. The van der Waals surface area contributed by atoms with E-state index in [1.807, 2.05) is 6.92 Å². The number of hydrogen-bond donors (Lipinski definition) is 3. The number of likely N-dealkylation sites (N-methyl/N-ethyl adjacent to an activating group) is 1. The van der Waals surface area contributed by atoms with Gasteiger partial charge in [-0.05, 0) is 19.1 Å². The number of nitrogens with two attached hydrogens (primary N) is 1. The predicted octanol–water partition coefficient (Wildman–Crippen LogP) is 0.996. The first-order valence-corrected chi connectivity index (χ1v) is 5.67. The first kappa shape index (κ1) is 14.7. The predicted molar refractivity (Wildman–Crippen MR) is 69.6 cm³/mol. The molecule has 0 saturated heterocycles. The van der Waals surface area contributed by atoms with Crippen LogP contribution in [0.3, 0.4) is 0 Å². The van der Waals surface area contributed by atoms with Crippen molar-refractivity contribution in [2.45, 2.75) is 6.92 Å². The van der Waals surface area contributed by atoms with Gasteiger partial charge in [0.05, 0.1) is 17.8 Å². The molecular formula is C12H16FN3O3. The molecule has 0 aliphatic carbocycles. The fraction of sp³-hybridized carbons (Fsp3) is 0.333. The highest BCUT2D eigenvalue weighted by atomic mass is 19.1. The first-order chi connectivity index (χ1) is 8.86. The molecule has 1 aromatic carbocycles. The highest BCUT2D eigenvalue weighted by Crippen LogP contribution is 2.22. The van der Waals surface area contributed by atoms with Crippen LogP contribution < -0.4 is 11.1 Å². The van der Waals surface area contributed by atoms with Crippen molar-refractivity contribution in [1.82, 2.24) is 4.90 Å². The van der Waals surface area contributed by atoms with Gasteiger partial charge in [0.1, 0.15) is 5.82 Å². The molecule has 0 radical (unpaired) electrons. The molecule has 0 unspecified atom stereocenters. The van der Waals surface area contributed by atoms with E-state index in [-0.39, 0.29) is 29.4 Å². The summed E-state index contributed by atoms with van der Waals surface area (Å²) in [4.78, 5) is 23.9. The largest absolute Gasteiger partial charge is 0.478 e. The number of benzene rings is 1. The molecule has 0 saturated carbocycles. The van der Waals surface area contributed by atoms with E-state index in [4.69, 9.17) is 10.8 Å². The van der Waals surface area contributed by atoms with Crippen LogP contribution in [0.2, 0.25) is 0 Å².